The normalized spacial score (nSPS) is 19.2. The summed E-state index contributed by atoms with van der Waals surface area (Å²) < 4.78 is 4.61. The van der Waals surface area contributed by atoms with Crippen LogP contribution in [0.1, 0.15) is 26.2 Å². The van der Waals surface area contributed by atoms with Gasteiger partial charge in [-0.1, -0.05) is 5.57 Å². The molecule has 0 aromatic carbocycles. The first-order valence-corrected chi connectivity index (χ1v) is 4.46. The molecule has 0 bridgehead atoms. The highest BCUT2D eigenvalue weighted by Crippen LogP contribution is 2.23. The lowest BCUT2D eigenvalue weighted by molar-refractivity contribution is -0.143. The van der Waals surface area contributed by atoms with Crippen LogP contribution >= 0.6 is 0 Å². The molecule has 0 amide bonds. The van der Waals surface area contributed by atoms with Gasteiger partial charge in [0, 0.05) is 6.42 Å². The molecule has 0 fully saturated rings. The summed E-state index contributed by atoms with van der Waals surface area (Å²) in [6.07, 6.45) is 3.89. The second-order valence-corrected chi connectivity index (χ2v) is 3.28. The topological polar surface area (TPSA) is 43.4 Å². The molecule has 1 rings (SSSR count). The summed E-state index contributed by atoms with van der Waals surface area (Å²) in [4.78, 5) is 22.2. The van der Waals surface area contributed by atoms with Gasteiger partial charge in [0.2, 0.25) is 0 Å². The minimum Gasteiger partial charge on any atom is -0.469 e. The van der Waals surface area contributed by atoms with Crippen molar-refractivity contribution in [3.8, 4) is 0 Å². The van der Waals surface area contributed by atoms with Gasteiger partial charge in [-0.2, -0.15) is 0 Å². The lowest BCUT2D eigenvalue weighted by atomic mass is 9.90. The largest absolute Gasteiger partial charge is 0.469 e. The van der Waals surface area contributed by atoms with Crippen LogP contribution in [0, 0.1) is 5.92 Å². The summed E-state index contributed by atoms with van der Waals surface area (Å²) in [5, 5.41) is 0. The number of carbonyl (C=O) groups is 2. The van der Waals surface area contributed by atoms with Crippen LogP contribution in [0.25, 0.3) is 0 Å². The van der Waals surface area contributed by atoms with Crippen molar-refractivity contribution >= 4 is 11.8 Å². The molecule has 0 saturated carbocycles. The number of ketones is 1. The van der Waals surface area contributed by atoms with Crippen LogP contribution in [0.3, 0.4) is 0 Å². The van der Waals surface area contributed by atoms with E-state index < -0.39 is 0 Å². The maximum absolute atomic E-state index is 11.1. The van der Waals surface area contributed by atoms with E-state index in [9.17, 15) is 9.59 Å². The molecule has 0 saturated heterocycles. The van der Waals surface area contributed by atoms with Gasteiger partial charge in [0.15, 0.2) is 5.78 Å². The van der Waals surface area contributed by atoms with Gasteiger partial charge in [-0.05, 0) is 25.8 Å². The summed E-state index contributed by atoms with van der Waals surface area (Å²) >= 11 is 0. The van der Waals surface area contributed by atoms with Gasteiger partial charge in [0.1, 0.15) is 0 Å². The molecule has 0 radical (unpaired) electrons. The third-order valence-corrected chi connectivity index (χ3v) is 2.35. The Bertz CT molecular complexity index is 253. The summed E-state index contributed by atoms with van der Waals surface area (Å²) in [5.74, 6) is -0.410. The van der Waals surface area contributed by atoms with Crippen LogP contribution in [0.2, 0.25) is 0 Å². The summed E-state index contributed by atoms with van der Waals surface area (Å²) in [5.41, 5.74) is 0.906. The Morgan fingerprint density at radius 2 is 2.23 bits per heavy atom. The minimum atomic E-state index is -0.269. The van der Waals surface area contributed by atoms with Gasteiger partial charge in [-0.25, -0.2) is 0 Å². The molecule has 0 aromatic heterocycles. The van der Waals surface area contributed by atoms with Crippen LogP contribution in [0.5, 0.6) is 0 Å². The zero-order valence-electron chi connectivity index (χ0n) is 8.00. The zero-order valence-corrected chi connectivity index (χ0v) is 8.00. The molecule has 1 aliphatic rings. The van der Waals surface area contributed by atoms with E-state index in [0.29, 0.717) is 6.42 Å². The number of esters is 1. The molecule has 72 valence electrons. The standard InChI is InChI=1S/C10H14O3/c1-7(10(12)13-2)8-4-3-5-9(11)6-8/h6-7H,3-5H2,1-2H3. The van der Waals surface area contributed by atoms with Crippen molar-refractivity contribution in [1.82, 2.24) is 0 Å². The smallest absolute Gasteiger partial charge is 0.312 e. The number of hydrogen-bond donors (Lipinski definition) is 0. The quantitative estimate of drug-likeness (QED) is 0.607. The van der Waals surface area contributed by atoms with Gasteiger partial charge in [-0.15, -0.1) is 0 Å². The van der Waals surface area contributed by atoms with Gasteiger partial charge in [-0.3, -0.25) is 9.59 Å². The SMILES string of the molecule is COC(=O)C(C)C1=CC(=O)CCC1. The molecule has 0 heterocycles. The van der Waals surface area contributed by atoms with Crippen molar-refractivity contribution < 1.29 is 14.3 Å². The first kappa shape index (κ1) is 9.96. The number of methoxy groups -OCH3 is 1. The molecule has 13 heavy (non-hydrogen) atoms. The monoisotopic (exact) mass is 182 g/mol. The van der Waals surface area contributed by atoms with Crippen molar-refractivity contribution in [2.24, 2.45) is 5.92 Å². The average Bonchev–Trinajstić information content (AvgIpc) is 2.15. The Hall–Kier alpha value is -1.12. The van der Waals surface area contributed by atoms with E-state index in [1.165, 1.54) is 7.11 Å². The predicted molar refractivity (Wildman–Crippen MR) is 48.1 cm³/mol. The lowest BCUT2D eigenvalue weighted by Crippen LogP contribution is -2.18. The Labute approximate surface area is 77.8 Å². The molecule has 0 spiro atoms. The minimum absolute atomic E-state index is 0.122. The van der Waals surface area contributed by atoms with Gasteiger partial charge < -0.3 is 4.74 Å². The van der Waals surface area contributed by atoms with E-state index in [-0.39, 0.29) is 17.7 Å². The molecule has 0 N–H and O–H groups in total. The third-order valence-electron chi connectivity index (χ3n) is 2.35. The van der Waals surface area contributed by atoms with Crippen molar-refractivity contribution in [2.75, 3.05) is 7.11 Å². The van der Waals surface area contributed by atoms with E-state index in [4.69, 9.17) is 0 Å². The maximum Gasteiger partial charge on any atom is 0.312 e. The summed E-state index contributed by atoms with van der Waals surface area (Å²) in [6.45, 7) is 1.77. The van der Waals surface area contributed by atoms with Crippen molar-refractivity contribution in [1.29, 1.82) is 0 Å². The van der Waals surface area contributed by atoms with E-state index in [1.807, 2.05) is 0 Å². The molecule has 1 unspecified atom stereocenters. The van der Waals surface area contributed by atoms with Crippen molar-refractivity contribution in [3.05, 3.63) is 11.6 Å². The molecule has 3 nitrogen and oxygen atoms in total. The number of rotatable bonds is 2. The lowest BCUT2D eigenvalue weighted by Gasteiger charge is -2.16. The zero-order chi connectivity index (χ0) is 9.84. The van der Waals surface area contributed by atoms with Crippen LogP contribution in [0.15, 0.2) is 11.6 Å². The average molecular weight is 182 g/mol. The highest BCUT2D eigenvalue weighted by Gasteiger charge is 2.21. The molecule has 3 heteroatoms. The molecule has 0 aliphatic heterocycles. The third kappa shape index (κ3) is 2.41. The first-order chi connectivity index (χ1) is 6.15. The Balaban J connectivity index is 2.70. The van der Waals surface area contributed by atoms with Crippen molar-refractivity contribution in [2.45, 2.75) is 26.2 Å². The maximum atomic E-state index is 11.1. The van der Waals surface area contributed by atoms with E-state index in [2.05, 4.69) is 4.74 Å². The highest BCUT2D eigenvalue weighted by atomic mass is 16.5. The first-order valence-electron chi connectivity index (χ1n) is 4.46. The molecule has 1 aliphatic carbocycles. The fourth-order valence-corrected chi connectivity index (χ4v) is 1.49. The molecular formula is C10H14O3. The van der Waals surface area contributed by atoms with Gasteiger partial charge in [0.05, 0.1) is 13.0 Å². The van der Waals surface area contributed by atoms with E-state index in [1.54, 1.807) is 13.0 Å². The number of allylic oxidation sites excluding steroid dienone is 1. The summed E-state index contributed by atoms with van der Waals surface area (Å²) in [7, 11) is 1.37. The van der Waals surface area contributed by atoms with Crippen LogP contribution in [-0.4, -0.2) is 18.9 Å². The second kappa shape index (κ2) is 4.21. The number of carbonyl (C=O) groups excluding carboxylic acids is 2. The second-order valence-electron chi connectivity index (χ2n) is 3.28. The Morgan fingerprint density at radius 3 is 2.77 bits per heavy atom. The fourth-order valence-electron chi connectivity index (χ4n) is 1.49. The Kier molecular flexibility index (Phi) is 3.23. The van der Waals surface area contributed by atoms with Gasteiger partial charge >= 0.3 is 5.97 Å². The molecular weight excluding hydrogens is 168 g/mol. The predicted octanol–water partition coefficient (Wildman–Crippen LogP) is 1.47. The van der Waals surface area contributed by atoms with Crippen LogP contribution in [0.4, 0.5) is 0 Å². The van der Waals surface area contributed by atoms with E-state index >= 15 is 0 Å². The summed E-state index contributed by atoms with van der Waals surface area (Å²) in [6, 6.07) is 0. The van der Waals surface area contributed by atoms with Crippen LogP contribution < -0.4 is 0 Å². The number of hydrogen-bond acceptors (Lipinski definition) is 3. The highest BCUT2D eigenvalue weighted by molar-refractivity contribution is 5.92. The Morgan fingerprint density at radius 1 is 1.54 bits per heavy atom. The van der Waals surface area contributed by atoms with Crippen LogP contribution in [-0.2, 0) is 14.3 Å². The molecule has 1 atom stereocenters. The molecule has 0 aromatic rings. The fraction of sp³-hybridized carbons (Fsp3) is 0.600. The van der Waals surface area contributed by atoms with Gasteiger partial charge in [0.25, 0.3) is 0 Å². The van der Waals surface area contributed by atoms with Crippen molar-refractivity contribution in [3.63, 3.8) is 0 Å². The number of ether oxygens (including phenoxy) is 1. The van der Waals surface area contributed by atoms with E-state index in [0.717, 1.165) is 18.4 Å².